The van der Waals surface area contributed by atoms with E-state index < -0.39 is 0 Å². The molecule has 1 heterocycles. The second kappa shape index (κ2) is 3.16. The van der Waals surface area contributed by atoms with Gasteiger partial charge in [-0.25, -0.2) is 0 Å². The maximum Gasteiger partial charge on any atom is 0.230 e. The Balaban J connectivity index is 2.81. The Hall–Kier alpha value is -0.800. The highest BCUT2D eigenvalue weighted by atomic mass is 79.9. The van der Waals surface area contributed by atoms with Gasteiger partial charge in [-0.15, -0.1) is 0 Å². The van der Waals surface area contributed by atoms with Crippen LogP contribution in [0.1, 0.15) is 0 Å². The number of nitrogens with zero attached hydrogens (tertiary/aromatic N) is 1. The zero-order valence-electron chi connectivity index (χ0n) is 6.54. The topological polar surface area (TPSA) is 24.1 Å². The Kier molecular flexibility index (Phi) is 2.14. The molecule has 0 unspecified atom stereocenters. The van der Waals surface area contributed by atoms with Crippen molar-refractivity contribution in [2.75, 3.05) is 0 Å². The van der Waals surface area contributed by atoms with Gasteiger partial charge in [-0.3, -0.25) is 5.21 Å². The molecule has 2 aromatic rings. The van der Waals surface area contributed by atoms with Crippen molar-refractivity contribution in [2.24, 2.45) is 0 Å². The van der Waals surface area contributed by atoms with Gasteiger partial charge in [0.25, 0.3) is 0 Å². The van der Waals surface area contributed by atoms with Crippen LogP contribution < -0.4 is 4.73 Å². The van der Waals surface area contributed by atoms with Crippen LogP contribution in [0.5, 0.6) is 0 Å². The van der Waals surface area contributed by atoms with Crippen molar-refractivity contribution in [1.82, 2.24) is 0 Å². The molecule has 2 nitrogen and oxygen atoms in total. The molecule has 1 aromatic carbocycles. The van der Waals surface area contributed by atoms with Crippen molar-refractivity contribution in [3.63, 3.8) is 0 Å². The molecule has 1 N–H and O–H groups in total. The minimum Gasteiger partial charge on any atom is -0.285 e. The Morgan fingerprint density at radius 3 is 2.85 bits per heavy atom. The van der Waals surface area contributed by atoms with E-state index in [2.05, 4.69) is 15.9 Å². The third-order valence-electron chi connectivity index (χ3n) is 1.80. The van der Waals surface area contributed by atoms with Crippen LogP contribution in [0.3, 0.4) is 0 Å². The van der Waals surface area contributed by atoms with Gasteiger partial charge in [-0.1, -0.05) is 11.6 Å². The van der Waals surface area contributed by atoms with E-state index in [4.69, 9.17) is 16.8 Å². The summed E-state index contributed by atoms with van der Waals surface area (Å²) in [6, 6.07) is 5.51. The number of rotatable bonds is 0. The molecular weight excluding hydrogens is 253 g/mol. The van der Waals surface area contributed by atoms with Crippen molar-refractivity contribution in [2.45, 2.75) is 0 Å². The monoisotopic (exact) mass is 258 g/mol. The van der Waals surface area contributed by atoms with E-state index in [-0.39, 0.29) is 0 Å². The third-order valence-corrected chi connectivity index (χ3v) is 3.00. The van der Waals surface area contributed by atoms with Crippen molar-refractivity contribution >= 4 is 38.3 Å². The highest BCUT2D eigenvalue weighted by Gasteiger charge is 2.04. The molecule has 0 bridgehead atoms. The smallest absolute Gasteiger partial charge is 0.230 e. The Bertz CT molecular complexity index is 472. The summed E-state index contributed by atoms with van der Waals surface area (Å²) >= 11 is 9.23. The van der Waals surface area contributed by atoms with Crippen molar-refractivity contribution in [3.8, 4) is 0 Å². The fourth-order valence-electron chi connectivity index (χ4n) is 1.18. The number of hydrogen-bond acceptors (Lipinski definition) is 1. The molecule has 0 amide bonds. The van der Waals surface area contributed by atoms with Crippen molar-refractivity contribution in [1.29, 1.82) is 0 Å². The SMILES string of the molecule is O[n+]1ccc2cc(Cl)c(Br)cc2c1. The average molecular weight is 260 g/mol. The molecule has 4 heteroatoms. The van der Waals surface area contributed by atoms with Crippen LogP contribution >= 0.6 is 27.5 Å². The first-order chi connectivity index (χ1) is 6.16. The van der Waals surface area contributed by atoms with Crippen molar-refractivity contribution in [3.05, 3.63) is 40.1 Å². The largest absolute Gasteiger partial charge is 0.285 e. The van der Waals surface area contributed by atoms with Crippen LogP contribution in [0.15, 0.2) is 35.1 Å². The quantitative estimate of drug-likeness (QED) is 0.571. The summed E-state index contributed by atoms with van der Waals surface area (Å²) in [5, 5.41) is 11.8. The molecule has 0 radical (unpaired) electrons. The number of halogens is 2. The number of aromatic nitrogens is 1. The van der Waals surface area contributed by atoms with Crippen LogP contribution in [0.2, 0.25) is 5.02 Å². The molecule has 0 atom stereocenters. The Labute approximate surface area is 88.5 Å². The average Bonchev–Trinajstić information content (AvgIpc) is 2.08. The summed E-state index contributed by atoms with van der Waals surface area (Å²) in [7, 11) is 0. The fraction of sp³-hybridized carbons (Fsp3) is 0. The number of fused-ring (bicyclic) bond motifs is 1. The van der Waals surface area contributed by atoms with Gasteiger partial charge in [-0.05, 0) is 33.4 Å². The molecule has 66 valence electrons. The molecule has 2 rings (SSSR count). The molecule has 0 aliphatic heterocycles. The minimum absolute atomic E-state index is 0.670. The van der Waals surface area contributed by atoms with E-state index in [1.165, 1.54) is 0 Å². The van der Waals surface area contributed by atoms with Gasteiger partial charge in [0.05, 0.1) is 10.4 Å². The molecule has 0 aliphatic rings. The fourth-order valence-corrected chi connectivity index (χ4v) is 1.71. The molecule has 0 fully saturated rings. The normalized spacial score (nSPS) is 10.6. The Morgan fingerprint density at radius 1 is 1.31 bits per heavy atom. The van der Waals surface area contributed by atoms with Crippen LogP contribution in [0.25, 0.3) is 10.8 Å². The Morgan fingerprint density at radius 2 is 2.08 bits per heavy atom. The zero-order chi connectivity index (χ0) is 9.42. The molecule has 1 aromatic heterocycles. The predicted octanol–water partition coefficient (Wildman–Crippen LogP) is 2.78. The first kappa shape index (κ1) is 8.78. The first-order valence-electron chi connectivity index (χ1n) is 3.66. The molecule has 0 spiro atoms. The van der Waals surface area contributed by atoms with Gasteiger partial charge < -0.3 is 0 Å². The molecule has 13 heavy (non-hydrogen) atoms. The number of hydrogen-bond donors (Lipinski definition) is 1. The van der Waals surface area contributed by atoms with E-state index in [9.17, 15) is 0 Å². The second-order valence-electron chi connectivity index (χ2n) is 2.72. The molecule has 0 saturated carbocycles. The first-order valence-corrected chi connectivity index (χ1v) is 4.83. The van der Waals surface area contributed by atoms with Crippen LogP contribution in [0, 0.1) is 0 Å². The highest BCUT2D eigenvalue weighted by Crippen LogP contribution is 2.27. The molecule has 0 saturated heterocycles. The van der Waals surface area contributed by atoms with E-state index in [0.29, 0.717) is 5.02 Å². The lowest BCUT2D eigenvalue weighted by Crippen LogP contribution is -2.27. The maximum absolute atomic E-state index is 9.16. The number of benzene rings is 1. The summed E-state index contributed by atoms with van der Waals surface area (Å²) in [5.74, 6) is 0. The summed E-state index contributed by atoms with van der Waals surface area (Å²) in [4.78, 5) is 0. The summed E-state index contributed by atoms with van der Waals surface area (Å²) < 4.78 is 1.84. The molecular formula is C9H6BrClNO+. The minimum atomic E-state index is 0.670. The van der Waals surface area contributed by atoms with E-state index in [1.807, 2.05) is 12.1 Å². The van der Waals surface area contributed by atoms with Crippen molar-refractivity contribution < 1.29 is 9.94 Å². The van der Waals surface area contributed by atoms with Gasteiger partial charge in [0, 0.05) is 15.3 Å². The van der Waals surface area contributed by atoms with E-state index >= 15 is 0 Å². The van der Waals surface area contributed by atoms with Gasteiger partial charge in [0.1, 0.15) is 0 Å². The predicted molar refractivity (Wildman–Crippen MR) is 54.0 cm³/mol. The third kappa shape index (κ3) is 1.62. The maximum atomic E-state index is 9.16. The second-order valence-corrected chi connectivity index (χ2v) is 3.98. The van der Waals surface area contributed by atoms with Gasteiger partial charge in [0.15, 0.2) is 0 Å². The summed E-state index contributed by atoms with van der Waals surface area (Å²) in [6.07, 6.45) is 3.18. The van der Waals surface area contributed by atoms with Gasteiger partial charge in [-0.2, -0.15) is 0 Å². The summed E-state index contributed by atoms with van der Waals surface area (Å²) in [5.41, 5.74) is 0. The zero-order valence-corrected chi connectivity index (χ0v) is 8.88. The lowest BCUT2D eigenvalue weighted by Gasteiger charge is -1.97. The van der Waals surface area contributed by atoms with Gasteiger partial charge in [0.2, 0.25) is 12.4 Å². The van der Waals surface area contributed by atoms with Crippen LogP contribution in [0.4, 0.5) is 0 Å². The van der Waals surface area contributed by atoms with Crippen LogP contribution in [-0.2, 0) is 0 Å². The van der Waals surface area contributed by atoms with Gasteiger partial charge >= 0.3 is 0 Å². The standard InChI is InChI=1S/C9H6BrClNO/c10-8-3-7-5-12(13)2-1-6(7)4-9(8)11/h1-5,13H/q+1. The summed E-state index contributed by atoms with van der Waals surface area (Å²) in [6.45, 7) is 0. The highest BCUT2D eigenvalue weighted by molar-refractivity contribution is 9.10. The van der Waals surface area contributed by atoms with E-state index in [0.717, 1.165) is 20.0 Å². The number of pyridine rings is 1. The molecule has 0 aliphatic carbocycles. The lowest BCUT2D eigenvalue weighted by molar-refractivity contribution is -0.903. The van der Waals surface area contributed by atoms with Crippen LogP contribution in [-0.4, -0.2) is 5.21 Å². The van der Waals surface area contributed by atoms with E-state index in [1.54, 1.807) is 18.5 Å². The lowest BCUT2D eigenvalue weighted by atomic mass is 10.2.